The molecule has 8 heteroatoms. The summed E-state index contributed by atoms with van der Waals surface area (Å²) in [7, 11) is 0. The number of aliphatic imine (C=N–C) groups is 1. The SMILES string of the molecule is CCCCCCN(CCCCCC)C(=O)CCCCOc1ccc2c(c1)N=C(N)N(CC(=O)OCc1ccccc1)C2. The quantitative estimate of drug-likeness (QED) is 0.138. The minimum atomic E-state index is -0.352. The van der Waals surface area contributed by atoms with E-state index in [-0.39, 0.29) is 31.0 Å². The summed E-state index contributed by atoms with van der Waals surface area (Å²) in [6.07, 6.45) is 11.7. The second-order valence-corrected chi connectivity index (χ2v) is 11.1. The van der Waals surface area contributed by atoms with Crippen LogP contribution in [0.2, 0.25) is 0 Å². The Labute approximate surface area is 252 Å². The predicted octanol–water partition coefficient (Wildman–Crippen LogP) is 6.73. The van der Waals surface area contributed by atoms with Crippen LogP contribution in [0.5, 0.6) is 5.75 Å². The summed E-state index contributed by atoms with van der Waals surface area (Å²) in [5, 5.41) is 0. The maximum absolute atomic E-state index is 12.9. The zero-order valence-corrected chi connectivity index (χ0v) is 25.7. The molecule has 3 rings (SSSR count). The highest BCUT2D eigenvalue weighted by molar-refractivity contribution is 5.87. The van der Waals surface area contributed by atoms with Gasteiger partial charge < -0.3 is 25.0 Å². The van der Waals surface area contributed by atoms with Gasteiger partial charge in [-0.05, 0) is 42.9 Å². The average Bonchev–Trinajstić information content (AvgIpc) is 3.00. The smallest absolute Gasteiger partial charge is 0.325 e. The van der Waals surface area contributed by atoms with Crippen molar-refractivity contribution in [1.82, 2.24) is 9.80 Å². The first-order valence-corrected chi connectivity index (χ1v) is 15.8. The highest BCUT2D eigenvalue weighted by atomic mass is 16.5. The molecule has 2 aromatic rings. The number of carbonyl (C=O) groups is 2. The Kier molecular flexibility index (Phi) is 14.7. The van der Waals surface area contributed by atoms with Gasteiger partial charge in [0.25, 0.3) is 0 Å². The Morgan fingerprint density at radius 2 is 1.62 bits per heavy atom. The molecular formula is C34H50N4O4. The van der Waals surface area contributed by atoms with E-state index in [1.54, 1.807) is 4.90 Å². The van der Waals surface area contributed by atoms with Crippen LogP contribution in [0.25, 0.3) is 0 Å². The summed E-state index contributed by atoms with van der Waals surface area (Å²) in [5.41, 5.74) is 8.83. The molecule has 0 spiro atoms. The highest BCUT2D eigenvalue weighted by Crippen LogP contribution is 2.29. The minimum Gasteiger partial charge on any atom is -0.494 e. The molecule has 2 aromatic carbocycles. The van der Waals surface area contributed by atoms with Crippen LogP contribution >= 0.6 is 0 Å². The van der Waals surface area contributed by atoms with Crippen molar-refractivity contribution in [2.75, 3.05) is 26.2 Å². The molecule has 0 saturated carbocycles. The first-order chi connectivity index (χ1) is 20.5. The molecular weight excluding hydrogens is 528 g/mol. The molecule has 0 fully saturated rings. The van der Waals surface area contributed by atoms with Gasteiger partial charge in [0.1, 0.15) is 18.9 Å². The molecule has 1 heterocycles. The van der Waals surface area contributed by atoms with Crippen LogP contribution in [0.4, 0.5) is 5.69 Å². The Hall–Kier alpha value is -3.55. The van der Waals surface area contributed by atoms with E-state index in [0.29, 0.717) is 19.6 Å². The number of carbonyl (C=O) groups excluding carboxylic acids is 2. The number of guanidine groups is 1. The van der Waals surface area contributed by atoms with Crippen LogP contribution in [-0.2, 0) is 27.5 Å². The number of nitrogens with zero attached hydrogens (tertiary/aromatic N) is 3. The highest BCUT2D eigenvalue weighted by Gasteiger charge is 2.21. The fraction of sp³-hybridized carbons (Fsp3) is 0.559. The van der Waals surface area contributed by atoms with Gasteiger partial charge in [-0.15, -0.1) is 0 Å². The van der Waals surface area contributed by atoms with Crippen molar-refractivity contribution in [2.24, 2.45) is 10.7 Å². The van der Waals surface area contributed by atoms with Crippen molar-refractivity contribution < 1.29 is 19.1 Å². The first-order valence-electron chi connectivity index (χ1n) is 15.8. The lowest BCUT2D eigenvalue weighted by Gasteiger charge is -2.27. The van der Waals surface area contributed by atoms with Crippen LogP contribution in [0.15, 0.2) is 53.5 Å². The van der Waals surface area contributed by atoms with Crippen molar-refractivity contribution in [2.45, 2.75) is 97.6 Å². The Balaban J connectivity index is 1.39. The summed E-state index contributed by atoms with van der Waals surface area (Å²) in [6, 6.07) is 15.3. The number of rotatable bonds is 20. The molecule has 0 bridgehead atoms. The Bertz CT molecular complexity index is 1110. The molecule has 1 amide bonds. The fourth-order valence-electron chi connectivity index (χ4n) is 4.97. The lowest BCUT2D eigenvalue weighted by atomic mass is 10.1. The Morgan fingerprint density at radius 1 is 0.905 bits per heavy atom. The molecule has 0 aromatic heterocycles. The van der Waals surface area contributed by atoms with Gasteiger partial charge in [-0.25, -0.2) is 4.99 Å². The van der Waals surface area contributed by atoms with Crippen molar-refractivity contribution >= 4 is 23.5 Å². The van der Waals surface area contributed by atoms with E-state index >= 15 is 0 Å². The lowest BCUT2D eigenvalue weighted by Crippen LogP contribution is -2.42. The van der Waals surface area contributed by atoms with Crippen LogP contribution in [0.1, 0.15) is 95.6 Å². The van der Waals surface area contributed by atoms with Gasteiger partial charge in [0.15, 0.2) is 5.96 Å². The maximum Gasteiger partial charge on any atom is 0.325 e. The number of amides is 1. The normalized spacial score (nSPS) is 12.4. The summed E-state index contributed by atoms with van der Waals surface area (Å²) < 4.78 is 11.4. The second-order valence-electron chi connectivity index (χ2n) is 11.1. The minimum absolute atomic E-state index is 0.0352. The van der Waals surface area contributed by atoms with Crippen molar-refractivity contribution in [3.63, 3.8) is 0 Å². The van der Waals surface area contributed by atoms with Crippen molar-refractivity contribution in [3.05, 3.63) is 59.7 Å². The first kappa shape index (κ1) is 33.0. The summed E-state index contributed by atoms with van der Waals surface area (Å²) in [4.78, 5) is 33.6. The molecule has 0 atom stereocenters. The van der Waals surface area contributed by atoms with Crippen LogP contribution in [0.3, 0.4) is 0 Å². The lowest BCUT2D eigenvalue weighted by molar-refractivity contribution is -0.145. The van der Waals surface area contributed by atoms with Crippen molar-refractivity contribution in [1.29, 1.82) is 0 Å². The van der Waals surface area contributed by atoms with Gasteiger partial charge in [0.2, 0.25) is 5.91 Å². The molecule has 0 saturated heterocycles. The fourth-order valence-corrected chi connectivity index (χ4v) is 4.97. The maximum atomic E-state index is 12.9. The topological polar surface area (TPSA) is 97.5 Å². The van der Waals surface area contributed by atoms with E-state index in [0.717, 1.165) is 61.3 Å². The van der Waals surface area contributed by atoms with Gasteiger partial charge in [-0.2, -0.15) is 0 Å². The van der Waals surface area contributed by atoms with E-state index in [1.807, 2.05) is 48.5 Å². The number of ether oxygens (including phenoxy) is 2. The molecule has 0 aliphatic carbocycles. The molecule has 42 heavy (non-hydrogen) atoms. The number of hydrogen-bond acceptors (Lipinski definition) is 7. The molecule has 0 unspecified atom stereocenters. The summed E-state index contributed by atoms with van der Waals surface area (Å²) in [5.74, 6) is 0.926. The summed E-state index contributed by atoms with van der Waals surface area (Å²) in [6.45, 7) is 7.47. The molecule has 0 radical (unpaired) electrons. The largest absolute Gasteiger partial charge is 0.494 e. The van der Waals surface area contributed by atoms with Gasteiger partial charge in [-0.1, -0.05) is 88.8 Å². The van der Waals surface area contributed by atoms with Gasteiger partial charge in [0.05, 0.1) is 12.3 Å². The van der Waals surface area contributed by atoms with E-state index in [1.165, 1.54) is 38.5 Å². The van der Waals surface area contributed by atoms with E-state index in [4.69, 9.17) is 15.2 Å². The van der Waals surface area contributed by atoms with E-state index in [9.17, 15) is 9.59 Å². The average molecular weight is 579 g/mol. The predicted molar refractivity (Wildman–Crippen MR) is 169 cm³/mol. The zero-order valence-electron chi connectivity index (χ0n) is 25.7. The number of esters is 1. The molecule has 230 valence electrons. The van der Waals surface area contributed by atoms with E-state index < -0.39 is 0 Å². The molecule has 2 N–H and O–H groups in total. The van der Waals surface area contributed by atoms with Gasteiger partial charge in [-0.3, -0.25) is 9.59 Å². The van der Waals surface area contributed by atoms with Gasteiger partial charge in [0, 0.05) is 32.1 Å². The number of fused-ring (bicyclic) bond motifs is 1. The monoisotopic (exact) mass is 578 g/mol. The number of unbranched alkanes of at least 4 members (excludes halogenated alkanes) is 7. The number of nitrogens with two attached hydrogens (primary N) is 1. The summed E-state index contributed by atoms with van der Waals surface area (Å²) >= 11 is 0. The zero-order chi connectivity index (χ0) is 30.0. The van der Waals surface area contributed by atoms with Crippen LogP contribution < -0.4 is 10.5 Å². The number of benzene rings is 2. The van der Waals surface area contributed by atoms with Gasteiger partial charge >= 0.3 is 5.97 Å². The van der Waals surface area contributed by atoms with Crippen LogP contribution in [0, 0.1) is 0 Å². The third-order valence-corrected chi connectivity index (χ3v) is 7.51. The van der Waals surface area contributed by atoms with Crippen LogP contribution in [-0.4, -0.2) is 53.9 Å². The molecule has 1 aliphatic rings. The third kappa shape index (κ3) is 11.7. The number of hydrogen-bond donors (Lipinski definition) is 1. The van der Waals surface area contributed by atoms with Crippen molar-refractivity contribution in [3.8, 4) is 5.75 Å². The Morgan fingerprint density at radius 3 is 2.31 bits per heavy atom. The standard InChI is InChI=1S/C34H50N4O4/c1-3-5-7-13-21-37(22-14-8-6-4-2)32(39)18-12-15-23-41-30-20-19-29-25-38(34(35)36-31(29)24-30)26-33(40)42-27-28-16-10-9-11-17-28/h9-11,16-17,19-20,24H,3-8,12-15,18,21-23,25-27H2,1-2H3,(H2,35,36). The van der Waals surface area contributed by atoms with E-state index in [2.05, 4.69) is 23.7 Å². The second kappa shape index (κ2) is 18.8. The third-order valence-electron chi connectivity index (χ3n) is 7.51. The molecule has 8 nitrogen and oxygen atoms in total. The molecule has 1 aliphatic heterocycles.